The number of nitrogens with zero attached hydrogens (tertiary/aromatic N) is 1. The molecule has 0 N–H and O–H groups in total. The molecule has 142 valence electrons. The molecule has 0 bridgehead atoms. The first-order chi connectivity index (χ1) is 13.3. The van der Waals surface area contributed by atoms with Crippen LogP contribution in [0.25, 0.3) is 0 Å². The van der Waals surface area contributed by atoms with Gasteiger partial charge >= 0.3 is 5.97 Å². The minimum atomic E-state index is -0.190. The first-order valence-electron chi connectivity index (χ1n) is 10.3. The summed E-state index contributed by atoms with van der Waals surface area (Å²) in [6.45, 7) is 2.00. The van der Waals surface area contributed by atoms with Gasteiger partial charge < -0.3 is 4.74 Å². The molecule has 1 heterocycles. The molecular weight excluding hydrogens is 334 g/mol. The van der Waals surface area contributed by atoms with Crippen molar-refractivity contribution in [1.82, 2.24) is 4.90 Å². The van der Waals surface area contributed by atoms with E-state index in [0.29, 0.717) is 5.56 Å². The second-order valence-electron chi connectivity index (χ2n) is 7.92. The molecule has 0 aromatic heterocycles. The van der Waals surface area contributed by atoms with Gasteiger partial charge in [0.1, 0.15) is 6.10 Å². The number of ether oxygens (including phenoxy) is 1. The van der Waals surface area contributed by atoms with Gasteiger partial charge in [-0.1, -0.05) is 67.8 Å². The molecule has 0 unspecified atom stereocenters. The number of benzene rings is 2. The van der Waals surface area contributed by atoms with Gasteiger partial charge in [0, 0.05) is 18.6 Å². The summed E-state index contributed by atoms with van der Waals surface area (Å²) < 4.78 is 5.79. The van der Waals surface area contributed by atoms with E-state index >= 15 is 0 Å². The van der Waals surface area contributed by atoms with Gasteiger partial charge in [-0.2, -0.15) is 0 Å². The first kappa shape index (κ1) is 18.2. The van der Waals surface area contributed by atoms with Gasteiger partial charge in [0.25, 0.3) is 0 Å². The highest BCUT2D eigenvalue weighted by molar-refractivity contribution is 5.89. The summed E-state index contributed by atoms with van der Waals surface area (Å²) in [5.41, 5.74) is 2.28. The quantitative estimate of drug-likeness (QED) is 0.702. The van der Waals surface area contributed by atoms with E-state index in [2.05, 4.69) is 35.2 Å². The van der Waals surface area contributed by atoms with E-state index in [4.69, 9.17) is 4.74 Å². The second-order valence-corrected chi connectivity index (χ2v) is 7.92. The number of likely N-dealkylation sites (tertiary alicyclic amines) is 1. The van der Waals surface area contributed by atoms with Crippen LogP contribution < -0.4 is 0 Å². The SMILES string of the molecule is O=C(OC1CCN(C2(c3ccccc3)CCCCC2)CC1)c1ccccc1. The van der Waals surface area contributed by atoms with Crippen LogP contribution >= 0.6 is 0 Å². The lowest BCUT2D eigenvalue weighted by Crippen LogP contribution is -2.52. The zero-order chi connectivity index (χ0) is 18.5. The summed E-state index contributed by atoms with van der Waals surface area (Å²) in [5, 5.41) is 0. The van der Waals surface area contributed by atoms with Crippen LogP contribution in [0.5, 0.6) is 0 Å². The number of carbonyl (C=O) groups is 1. The number of rotatable bonds is 4. The number of carbonyl (C=O) groups excluding carboxylic acids is 1. The largest absolute Gasteiger partial charge is 0.459 e. The van der Waals surface area contributed by atoms with Crippen LogP contribution in [0.15, 0.2) is 60.7 Å². The summed E-state index contributed by atoms with van der Waals surface area (Å²) >= 11 is 0. The van der Waals surface area contributed by atoms with E-state index in [-0.39, 0.29) is 17.6 Å². The Labute approximate surface area is 162 Å². The van der Waals surface area contributed by atoms with E-state index in [9.17, 15) is 4.79 Å². The van der Waals surface area contributed by atoms with Gasteiger partial charge in [-0.25, -0.2) is 4.79 Å². The zero-order valence-electron chi connectivity index (χ0n) is 16.0. The molecule has 2 aliphatic rings. The maximum atomic E-state index is 12.3. The molecule has 2 fully saturated rings. The molecule has 0 spiro atoms. The van der Waals surface area contributed by atoms with Crippen molar-refractivity contribution in [2.75, 3.05) is 13.1 Å². The maximum Gasteiger partial charge on any atom is 0.338 e. The van der Waals surface area contributed by atoms with Crippen LogP contribution in [0.1, 0.15) is 60.9 Å². The van der Waals surface area contributed by atoms with Gasteiger partial charge in [-0.3, -0.25) is 4.90 Å². The van der Waals surface area contributed by atoms with E-state index in [1.54, 1.807) is 0 Å². The van der Waals surface area contributed by atoms with Crippen LogP contribution in [-0.4, -0.2) is 30.1 Å². The summed E-state index contributed by atoms with van der Waals surface area (Å²) in [7, 11) is 0. The van der Waals surface area contributed by atoms with E-state index in [0.717, 1.165) is 25.9 Å². The normalized spacial score (nSPS) is 20.9. The number of piperidine rings is 1. The molecule has 1 saturated heterocycles. The molecular formula is C24H29NO2. The Morgan fingerprint density at radius 3 is 2.07 bits per heavy atom. The lowest BCUT2D eigenvalue weighted by molar-refractivity contribution is -0.0241. The predicted molar refractivity (Wildman–Crippen MR) is 108 cm³/mol. The summed E-state index contributed by atoms with van der Waals surface area (Å²) in [6, 6.07) is 20.4. The molecule has 0 atom stereocenters. The van der Waals surface area contributed by atoms with Crippen LogP contribution in [0.3, 0.4) is 0 Å². The number of esters is 1. The van der Waals surface area contributed by atoms with Crippen LogP contribution in [-0.2, 0) is 10.3 Å². The third kappa shape index (κ3) is 3.93. The van der Waals surface area contributed by atoms with Crippen LogP contribution in [0, 0.1) is 0 Å². The maximum absolute atomic E-state index is 12.3. The minimum Gasteiger partial charge on any atom is -0.459 e. The monoisotopic (exact) mass is 363 g/mol. The van der Waals surface area contributed by atoms with Gasteiger partial charge in [-0.05, 0) is 43.4 Å². The molecule has 4 rings (SSSR count). The fourth-order valence-electron chi connectivity index (χ4n) is 4.87. The molecule has 1 saturated carbocycles. The van der Waals surface area contributed by atoms with E-state index in [1.807, 2.05) is 30.3 Å². The Kier molecular flexibility index (Phi) is 5.58. The van der Waals surface area contributed by atoms with Crippen molar-refractivity contribution in [3.63, 3.8) is 0 Å². The fraction of sp³-hybridized carbons (Fsp3) is 0.458. The summed E-state index contributed by atoms with van der Waals surface area (Å²) in [5.74, 6) is -0.190. The molecule has 3 heteroatoms. The molecule has 0 radical (unpaired) electrons. The predicted octanol–water partition coefficient (Wildman–Crippen LogP) is 5.17. The Hall–Kier alpha value is -2.13. The summed E-state index contributed by atoms with van der Waals surface area (Å²) in [6.07, 6.45) is 8.32. The fourth-order valence-corrected chi connectivity index (χ4v) is 4.87. The zero-order valence-corrected chi connectivity index (χ0v) is 16.0. The van der Waals surface area contributed by atoms with Crippen molar-refractivity contribution < 1.29 is 9.53 Å². The van der Waals surface area contributed by atoms with Gasteiger partial charge in [0.05, 0.1) is 5.56 Å². The Bertz CT molecular complexity index is 729. The van der Waals surface area contributed by atoms with Crippen molar-refractivity contribution in [2.24, 2.45) is 0 Å². The van der Waals surface area contributed by atoms with E-state index in [1.165, 1.54) is 37.7 Å². The van der Waals surface area contributed by atoms with Gasteiger partial charge in [-0.15, -0.1) is 0 Å². The molecule has 1 aliphatic heterocycles. The second kappa shape index (κ2) is 8.26. The highest BCUT2D eigenvalue weighted by atomic mass is 16.5. The molecule has 27 heavy (non-hydrogen) atoms. The number of hydrogen-bond donors (Lipinski definition) is 0. The lowest BCUT2D eigenvalue weighted by atomic mass is 9.74. The van der Waals surface area contributed by atoms with Crippen molar-refractivity contribution in [1.29, 1.82) is 0 Å². The third-order valence-corrected chi connectivity index (χ3v) is 6.32. The molecule has 2 aromatic rings. The number of hydrogen-bond acceptors (Lipinski definition) is 3. The van der Waals surface area contributed by atoms with Gasteiger partial charge in [0.2, 0.25) is 0 Å². The van der Waals surface area contributed by atoms with Crippen LogP contribution in [0.4, 0.5) is 0 Å². The molecule has 2 aromatic carbocycles. The minimum absolute atomic E-state index is 0.0328. The van der Waals surface area contributed by atoms with Crippen molar-refractivity contribution >= 4 is 5.97 Å². The Morgan fingerprint density at radius 2 is 1.44 bits per heavy atom. The van der Waals surface area contributed by atoms with Crippen molar-refractivity contribution in [2.45, 2.75) is 56.6 Å². The molecule has 0 amide bonds. The standard InChI is InChI=1S/C24H29NO2/c26-23(20-10-4-1-5-11-20)27-22-14-18-25(19-15-22)24(16-8-3-9-17-24)21-12-6-2-7-13-21/h1-2,4-7,10-13,22H,3,8-9,14-19H2. The molecule has 3 nitrogen and oxygen atoms in total. The average Bonchev–Trinajstić information content (AvgIpc) is 2.76. The van der Waals surface area contributed by atoms with Crippen LogP contribution in [0.2, 0.25) is 0 Å². The summed E-state index contributed by atoms with van der Waals surface area (Å²) in [4.78, 5) is 15.0. The smallest absolute Gasteiger partial charge is 0.338 e. The van der Waals surface area contributed by atoms with E-state index < -0.39 is 0 Å². The lowest BCUT2D eigenvalue weighted by Gasteiger charge is -2.49. The molecule has 1 aliphatic carbocycles. The average molecular weight is 364 g/mol. The third-order valence-electron chi connectivity index (χ3n) is 6.32. The van der Waals surface area contributed by atoms with Crippen molar-refractivity contribution in [3.8, 4) is 0 Å². The van der Waals surface area contributed by atoms with Crippen molar-refractivity contribution in [3.05, 3.63) is 71.8 Å². The Balaban J connectivity index is 1.42. The highest BCUT2D eigenvalue weighted by Gasteiger charge is 2.41. The first-order valence-corrected chi connectivity index (χ1v) is 10.3. The Morgan fingerprint density at radius 1 is 0.852 bits per heavy atom. The van der Waals surface area contributed by atoms with Gasteiger partial charge in [0.15, 0.2) is 0 Å². The highest BCUT2D eigenvalue weighted by Crippen LogP contribution is 2.43. The topological polar surface area (TPSA) is 29.5 Å².